The molecule has 0 aromatic heterocycles. The van der Waals surface area contributed by atoms with Crippen LogP contribution in [0.1, 0.15) is 37.8 Å². The Balaban J connectivity index is 0.00000338. The molecule has 1 fully saturated rings. The summed E-state index contributed by atoms with van der Waals surface area (Å²) in [6.45, 7) is 4.95. The molecule has 2 N–H and O–H groups in total. The van der Waals surface area contributed by atoms with Gasteiger partial charge in [-0.1, -0.05) is 19.1 Å². The highest BCUT2D eigenvalue weighted by Gasteiger charge is 2.23. The molecule has 1 aliphatic heterocycles. The quantitative estimate of drug-likeness (QED) is 0.678. The lowest BCUT2D eigenvalue weighted by Gasteiger charge is -2.29. The first kappa shape index (κ1) is 26.0. The number of hydrogen-bond acceptors (Lipinski definition) is 4. The normalized spacial score (nSPS) is 18.6. The molecule has 3 atom stereocenters. The van der Waals surface area contributed by atoms with Gasteiger partial charge in [0.15, 0.2) is 0 Å². The van der Waals surface area contributed by atoms with Crippen LogP contribution in [0.2, 0.25) is 0 Å². The molecule has 1 saturated heterocycles. The summed E-state index contributed by atoms with van der Waals surface area (Å²) in [6, 6.07) is 8.17. The van der Waals surface area contributed by atoms with Crippen molar-refractivity contribution in [1.82, 2.24) is 15.5 Å². The maximum atomic E-state index is 12.4. The third-order valence-corrected chi connectivity index (χ3v) is 5.24. The first-order chi connectivity index (χ1) is 12.0. The number of piperidine rings is 1. The second kappa shape index (κ2) is 13.2. The number of amides is 1. The molecule has 3 unspecified atom stereocenters. The number of nitrogens with zero attached hydrogens (tertiary/aromatic N) is 1. The molecule has 7 heteroatoms. The Morgan fingerprint density at radius 3 is 2.70 bits per heavy atom. The maximum absolute atomic E-state index is 12.4. The highest BCUT2D eigenvalue weighted by atomic mass is 35.5. The molecule has 5 nitrogen and oxygen atoms in total. The van der Waals surface area contributed by atoms with Gasteiger partial charge in [0.1, 0.15) is 5.75 Å². The lowest BCUT2D eigenvalue weighted by atomic mass is 9.85. The molecule has 0 bridgehead atoms. The van der Waals surface area contributed by atoms with Gasteiger partial charge in [-0.05, 0) is 69.6 Å². The van der Waals surface area contributed by atoms with Gasteiger partial charge in [0.2, 0.25) is 5.91 Å². The number of likely N-dealkylation sites (N-methyl/N-ethyl adjacent to an activating group) is 1. The summed E-state index contributed by atoms with van der Waals surface area (Å²) in [4.78, 5) is 14.5. The molecule has 0 radical (unpaired) electrons. The van der Waals surface area contributed by atoms with Gasteiger partial charge in [-0.15, -0.1) is 24.8 Å². The van der Waals surface area contributed by atoms with Crippen molar-refractivity contribution < 1.29 is 9.53 Å². The van der Waals surface area contributed by atoms with Crippen LogP contribution >= 0.6 is 24.8 Å². The number of rotatable bonds is 8. The van der Waals surface area contributed by atoms with Gasteiger partial charge in [0.25, 0.3) is 0 Å². The molecule has 1 aromatic carbocycles. The van der Waals surface area contributed by atoms with E-state index in [1.165, 1.54) is 12.8 Å². The second-order valence-corrected chi connectivity index (χ2v) is 7.35. The molecule has 1 aromatic rings. The molecule has 1 heterocycles. The fourth-order valence-corrected chi connectivity index (χ4v) is 3.55. The zero-order chi connectivity index (χ0) is 18.2. The standard InChI is InChI=1S/C20H33N3O2.2ClH/c1-15(17-8-6-10-21-13-17)11-20(24)22-14-19(23(2)3)16-7-5-9-18(12-16)25-4;;/h5,7,9,12,15,17,19,21H,6,8,10-11,13-14H2,1-4H3,(H,22,24);2*1H. The van der Waals surface area contributed by atoms with Crippen molar-refractivity contribution in [2.75, 3.05) is 40.8 Å². The van der Waals surface area contributed by atoms with Gasteiger partial charge in [-0.3, -0.25) is 4.79 Å². The van der Waals surface area contributed by atoms with Crippen LogP contribution in [-0.2, 0) is 4.79 Å². The molecule has 156 valence electrons. The molecule has 1 aliphatic rings. The highest BCUT2D eigenvalue weighted by Crippen LogP contribution is 2.24. The predicted molar refractivity (Wildman–Crippen MR) is 116 cm³/mol. The summed E-state index contributed by atoms with van der Waals surface area (Å²) in [7, 11) is 5.74. The molecule has 0 aliphatic carbocycles. The van der Waals surface area contributed by atoms with Crippen molar-refractivity contribution in [2.24, 2.45) is 11.8 Å². The fourth-order valence-electron chi connectivity index (χ4n) is 3.55. The number of benzene rings is 1. The van der Waals surface area contributed by atoms with Gasteiger partial charge in [-0.2, -0.15) is 0 Å². The fraction of sp³-hybridized carbons (Fsp3) is 0.650. The van der Waals surface area contributed by atoms with Gasteiger partial charge >= 0.3 is 0 Å². The minimum absolute atomic E-state index is 0. The largest absolute Gasteiger partial charge is 0.497 e. The van der Waals surface area contributed by atoms with Crippen LogP contribution in [-0.4, -0.2) is 51.6 Å². The first-order valence-corrected chi connectivity index (χ1v) is 9.29. The third-order valence-electron chi connectivity index (χ3n) is 5.24. The molecule has 1 amide bonds. The highest BCUT2D eigenvalue weighted by molar-refractivity contribution is 5.85. The topological polar surface area (TPSA) is 53.6 Å². The molecule has 2 rings (SSSR count). The maximum Gasteiger partial charge on any atom is 0.220 e. The summed E-state index contributed by atoms with van der Waals surface area (Å²) >= 11 is 0. The molecular formula is C20H35Cl2N3O2. The van der Waals surface area contributed by atoms with E-state index in [1.54, 1.807) is 7.11 Å². The molecule has 0 spiro atoms. The number of carbonyl (C=O) groups excluding carboxylic acids is 1. The second-order valence-electron chi connectivity index (χ2n) is 7.35. The minimum atomic E-state index is 0. The number of methoxy groups -OCH3 is 1. The van der Waals surface area contributed by atoms with Gasteiger partial charge < -0.3 is 20.3 Å². The minimum Gasteiger partial charge on any atom is -0.497 e. The Bertz CT molecular complexity index is 552. The van der Waals surface area contributed by atoms with E-state index in [4.69, 9.17) is 4.74 Å². The van der Waals surface area contributed by atoms with Crippen LogP contribution in [0.15, 0.2) is 24.3 Å². The van der Waals surface area contributed by atoms with Crippen molar-refractivity contribution in [3.63, 3.8) is 0 Å². The Kier molecular flexibility index (Phi) is 12.7. The zero-order valence-electron chi connectivity index (χ0n) is 16.9. The van der Waals surface area contributed by atoms with Crippen LogP contribution < -0.4 is 15.4 Å². The van der Waals surface area contributed by atoms with Crippen LogP contribution in [0.25, 0.3) is 0 Å². The monoisotopic (exact) mass is 419 g/mol. The number of halogens is 2. The number of nitrogens with one attached hydrogen (secondary N) is 2. The third kappa shape index (κ3) is 8.26. The van der Waals surface area contributed by atoms with Crippen LogP contribution in [0, 0.1) is 11.8 Å². The van der Waals surface area contributed by atoms with Gasteiger partial charge in [0.05, 0.1) is 13.2 Å². The van der Waals surface area contributed by atoms with Crippen LogP contribution in [0.3, 0.4) is 0 Å². The number of carbonyl (C=O) groups is 1. The summed E-state index contributed by atoms with van der Waals surface area (Å²) in [5.74, 6) is 2.02. The van der Waals surface area contributed by atoms with Crippen molar-refractivity contribution >= 4 is 30.7 Å². The average Bonchev–Trinajstić information content (AvgIpc) is 2.62. The van der Waals surface area contributed by atoms with E-state index >= 15 is 0 Å². The zero-order valence-corrected chi connectivity index (χ0v) is 18.5. The number of hydrogen-bond donors (Lipinski definition) is 2. The van der Waals surface area contributed by atoms with Crippen molar-refractivity contribution in [3.05, 3.63) is 29.8 Å². The van der Waals surface area contributed by atoms with Gasteiger partial charge in [0, 0.05) is 13.0 Å². The van der Waals surface area contributed by atoms with Gasteiger partial charge in [-0.25, -0.2) is 0 Å². The van der Waals surface area contributed by atoms with Crippen molar-refractivity contribution in [1.29, 1.82) is 0 Å². The van der Waals surface area contributed by atoms with E-state index in [0.717, 1.165) is 24.4 Å². The average molecular weight is 420 g/mol. The predicted octanol–water partition coefficient (Wildman–Crippen LogP) is 3.28. The van der Waals surface area contributed by atoms with Crippen LogP contribution in [0.5, 0.6) is 5.75 Å². The Morgan fingerprint density at radius 2 is 2.11 bits per heavy atom. The van der Waals surface area contributed by atoms with E-state index in [2.05, 4.69) is 28.5 Å². The van der Waals surface area contributed by atoms with E-state index in [1.807, 2.05) is 32.3 Å². The molecule has 27 heavy (non-hydrogen) atoms. The molecule has 0 saturated carbocycles. The summed E-state index contributed by atoms with van der Waals surface area (Å²) < 4.78 is 5.32. The molecular weight excluding hydrogens is 385 g/mol. The van der Waals surface area contributed by atoms with E-state index in [9.17, 15) is 4.79 Å². The van der Waals surface area contributed by atoms with E-state index in [-0.39, 0.29) is 36.8 Å². The SMILES string of the molecule is COc1cccc(C(CNC(=O)CC(C)C2CCCNC2)N(C)C)c1.Cl.Cl. The smallest absolute Gasteiger partial charge is 0.220 e. The summed E-state index contributed by atoms with van der Waals surface area (Å²) in [5.41, 5.74) is 1.15. The Labute approximate surface area is 176 Å². The summed E-state index contributed by atoms with van der Waals surface area (Å²) in [5, 5.41) is 6.56. The van der Waals surface area contributed by atoms with Crippen LogP contribution in [0.4, 0.5) is 0 Å². The lowest BCUT2D eigenvalue weighted by Crippen LogP contribution is -2.38. The van der Waals surface area contributed by atoms with E-state index in [0.29, 0.717) is 24.8 Å². The lowest BCUT2D eigenvalue weighted by molar-refractivity contribution is -0.122. The van der Waals surface area contributed by atoms with Crippen molar-refractivity contribution in [2.45, 2.75) is 32.2 Å². The Morgan fingerprint density at radius 1 is 1.37 bits per heavy atom. The van der Waals surface area contributed by atoms with Crippen molar-refractivity contribution in [3.8, 4) is 5.75 Å². The first-order valence-electron chi connectivity index (χ1n) is 9.29. The Hall–Kier alpha value is -1.01. The summed E-state index contributed by atoms with van der Waals surface area (Å²) in [6.07, 6.45) is 3.05. The number of ether oxygens (including phenoxy) is 1. The van der Waals surface area contributed by atoms with E-state index < -0.39 is 0 Å².